The SMILES string of the molecule is CS(=N)(=O)c1cccc(Br)c1Cl. The van der Waals surface area contributed by atoms with Crippen LogP contribution in [-0.4, -0.2) is 10.5 Å². The highest BCUT2D eigenvalue weighted by atomic mass is 79.9. The van der Waals surface area contributed by atoms with Crippen molar-refractivity contribution in [1.82, 2.24) is 0 Å². The number of rotatable bonds is 1. The summed E-state index contributed by atoms with van der Waals surface area (Å²) in [7, 11) is -2.72. The van der Waals surface area contributed by atoms with Crippen molar-refractivity contribution < 1.29 is 4.21 Å². The van der Waals surface area contributed by atoms with Crippen molar-refractivity contribution in [3.05, 3.63) is 27.7 Å². The molecule has 0 saturated heterocycles. The lowest BCUT2D eigenvalue weighted by Gasteiger charge is -2.04. The third-order valence-electron chi connectivity index (χ3n) is 1.34. The molecule has 2 nitrogen and oxygen atoms in total. The molecule has 12 heavy (non-hydrogen) atoms. The van der Waals surface area contributed by atoms with Gasteiger partial charge in [-0.05, 0) is 28.1 Å². The highest BCUT2D eigenvalue weighted by Crippen LogP contribution is 2.29. The van der Waals surface area contributed by atoms with Crippen LogP contribution in [0.4, 0.5) is 0 Å². The van der Waals surface area contributed by atoms with Crippen molar-refractivity contribution in [1.29, 1.82) is 4.78 Å². The summed E-state index contributed by atoms with van der Waals surface area (Å²) in [6.07, 6.45) is 1.35. The summed E-state index contributed by atoms with van der Waals surface area (Å²) in [6, 6.07) is 5.06. The summed E-state index contributed by atoms with van der Waals surface area (Å²) >= 11 is 9.03. The Labute approximate surface area is 85.0 Å². The van der Waals surface area contributed by atoms with Crippen LogP contribution in [0.25, 0.3) is 0 Å². The number of halogens is 2. The second-order valence-corrected chi connectivity index (χ2v) is 5.76. The Morgan fingerprint density at radius 1 is 1.58 bits per heavy atom. The van der Waals surface area contributed by atoms with E-state index in [1.165, 1.54) is 6.26 Å². The van der Waals surface area contributed by atoms with E-state index in [1.54, 1.807) is 18.2 Å². The maximum Gasteiger partial charge on any atom is 0.0718 e. The van der Waals surface area contributed by atoms with Crippen LogP contribution in [0, 0.1) is 4.78 Å². The Hall–Kier alpha value is -0.0600. The molecule has 0 amide bonds. The molecular formula is C7H7BrClNOS. The van der Waals surface area contributed by atoms with Gasteiger partial charge in [0.2, 0.25) is 0 Å². The minimum Gasteiger partial charge on any atom is -0.249 e. The summed E-state index contributed by atoms with van der Waals surface area (Å²) in [5.41, 5.74) is 0. The monoisotopic (exact) mass is 267 g/mol. The highest BCUT2D eigenvalue weighted by Gasteiger charge is 2.10. The maximum absolute atomic E-state index is 11.3. The first-order valence-corrected chi connectivity index (χ1v) is 6.24. The van der Waals surface area contributed by atoms with Crippen LogP contribution in [0.1, 0.15) is 0 Å². The minimum atomic E-state index is -2.72. The summed E-state index contributed by atoms with van der Waals surface area (Å²) in [4.78, 5) is 0.374. The largest absolute Gasteiger partial charge is 0.249 e. The molecule has 0 heterocycles. The summed E-state index contributed by atoms with van der Waals surface area (Å²) in [5, 5.41) is 0.361. The second kappa shape index (κ2) is 3.36. The summed E-state index contributed by atoms with van der Waals surface area (Å²) in [5.74, 6) is 0. The summed E-state index contributed by atoms with van der Waals surface area (Å²) < 4.78 is 19.3. The molecule has 0 fully saturated rings. The van der Waals surface area contributed by atoms with Crippen LogP contribution < -0.4 is 0 Å². The number of hydrogen-bond donors (Lipinski definition) is 1. The Morgan fingerprint density at radius 2 is 2.17 bits per heavy atom. The topological polar surface area (TPSA) is 40.9 Å². The lowest BCUT2D eigenvalue weighted by molar-refractivity contribution is 0.679. The van der Waals surface area contributed by atoms with E-state index in [2.05, 4.69) is 15.9 Å². The zero-order chi connectivity index (χ0) is 9.35. The molecule has 66 valence electrons. The fourth-order valence-electron chi connectivity index (χ4n) is 0.785. The van der Waals surface area contributed by atoms with Gasteiger partial charge in [0.25, 0.3) is 0 Å². The molecule has 1 unspecified atom stereocenters. The van der Waals surface area contributed by atoms with Crippen molar-refractivity contribution in [2.75, 3.05) is 6.26 Å². The molecule has 1 aromatic rings. The van der Waals surface area contributed by atoms with Gasteiger partial charge >= 0.3 is 0 Å². The average molecular weight is 269 g/mol. The van der Waals surface area contributed by atoms with E-state index < -0.39 is 9.73 Å². The van der Waals surface area contributed by atoms with Gasteiger partial charge in [-0.15, -0.1) is 0 Å². The van der Waals surface area contributed by atoms with E-state index in [0.717, 1.165) is 0 Å². The molecular weight excluding hydrogens is 262 g/mol. The molecule has 5 heteroatoms. The molecule has 0 aliphatic heterocycles. The normalized spacial score (nSPS) is 15.6. The minimum absolute atomic E-state index is 0.361. The van der Waals surface area contributed by atoms with Crippen LogP contribution in [-0.2, 0) is 9.73 Å². The predicted molar refractivity (Wildman–Crippen MR) is 54.2 cm³/mol. The van der Waals surface area contributed by atoms with Crippen molar-refractivity contribution in [3.63, 3.8) is 0 Å². The van der Waals surface area contributed by atoms with Gasteiger partial charge in [0, 0.05) is 10.7 Å². The Kier molecular flexibility index (Phi) is 2.81. The van der Waals surface area contributed by atoms with Crippen molar-refractivity contribution in [2.45, 2.75) is 4.90 Å². The van der Waals surface area contributed by atoms with Gasteiger partial charge < -0.3 is 0 Å². The molecule has 0 spiro atoms. The number of nitrogens with one attached hydrogen (secondary N) is 1. The van der Waals surface area contributed by atoms with Gasteiger partial charge in [0.15, 0.2) is 0 Å². The first kappa shape index (κ1) is 10.0. The zero-order valence-electron chi connectivity index (χ0n) is 6.30. The Morgan fingerprint density at radius 3 is 2.58 bits per heavy atom. The van der Waals surface area contributed by atoms with E-state index in [9.17, 15) is 4.21 Å². The number of hydrogen-bond acceptors (Lipinski definition) is 2. The van der Waals surface area contributed by atoms with E-state index >= 15 is 0 Å². The quantitative estimate of drug-likeness (QED) is 0.835. The van der Waals surface area contributed by atoms with E-state index in [0.29, 0.717) is 14.4 Å². The zero-order valence-corrected chi connectivity index (χ0v) is 9.46. The van der Waals surface area contributed by atoms with Gasteiger partial charge in [0.1, 0.15) is 0 Å². The van der Waals surface area contributed by atoms with Gasteiger partial charge in [-0.25, -0.2) is 8.99 Å². The van der Waals surface area contributed by atoms with Crippen molar-refractivity contribution in [3.8, 4) is 0 Å². The maximum atomic E-state index is 11.3. The molecule has 1 atom stereocenters. The third kappa shape index (κ3) is 2.00. The van der Waals surface area contributed by atoms with E-state index in [1.807, 2.05) is 0 Å². The Bertz CT molecular complexity index is 402. The molecule has 1 rings (SSSR count). The number of benzene rings is 1. The summed E-state index contributed by atoms with van der Waals surface area (Å²) in [6.45, 7) is 0. The Balaban J connectivity index is 3.47. The van der Waals surface area contributed by atoms with Gasteiger partial charge in [0.05, 0.1) is 19.6 Å². The fourth-order valence-corrected chi connectivity index (χ4v) is 2.64. The van der Waals surface area contributed by atoms with Gasteiger partial charge in [-0.3, -0.25) is 0 Å². The van der Waals surface area contributed by atoms with Crippen LogP contribution in [0.2, 0.25) is 5.02 Å². The van der Waals surface area contributed by atoms with Crippen molar-refractivity contribution >= 4 is 37.3 Å². The first-order valence-electron chi connectivity index (χ1n) is 3.11. The van der Waals surface area contributed by atoms with Crippen LogP contribution in [0.15, 0.2) is 27.6 Å². The van der Waals surface area contributed by atoms with E-state index in [4.69, 9.17) is 16.4 Å². The third-order valence-corrected chi connectivity index (χ3v) is 3.92. The van der Waals surface area contributed by atoms with Crippen molar-refractivity contribution in [2.24, 2.45) is 0 Å². The highest BCUT2D eigenvalue weighted by molar-refractivity contribution is 9.10. The van der Waals surface area contributed by atoms with Gasteiger partial charge in [-0.2, -0.15) is 0 Å². The lowest BCUT2D eigenvalue weighted by atomic mass is 10.4. The lowest BCUT2D eigenvalue weighted by Crippen LogP contribution is -1.95. The fraction of sp³-hybridized carbons (Fsp3) is 0.143. The second-order valence-electron chi connectivity index (χ2n) is 2.40. The van der Waals surface area contributed by atoms with Gasteiger partial charge in [-0.1, -0.05) is 17.7 Å². The predicted octanol–water partition coefficient (Wildman–Crippen LogP) is 3.14. The standard InChI is InChI=1S/C7H7BrClNOS/c1-12(10,11)6-4-2-3-5(8)7(6)9/h2-4,10H,1H3. The molecule has 0 radical (unpaired) electrons. The van der Waals surface area contributed by atoms with Crippen LogP contribution >= 0.6 is 27.5 Å². The first-order chi connectivity index (χ1) is 5.43. The van der Waals surface area contributed by atoms with E-state index in [-0.39, 0.29) is 0 Å². The smallest absolute Gasteiger partial charge is 0.0718 e. The molecule has 0 saturated carbocycles. The van der Waals surface area contributed by atoms with Crippen LogP contribution in [0.5, 0.6) is 0 Å². The average Bonchev–Trinajstić information content (AvgIpc) is 1.92. The molecule has 0 bridgehead atoms. The molecule has 1 aromatic carbocycles. The molecule has 0 aliphatic carbocycles. The molecule has 1 N–H and O–H groups in total. The van der Waals surface area contributed by atoms with Crippen LogP contribution in [0.3, 0.4) is 0 Å². The molecule has 0 aliphatic rings. The molecule has 0 aromatic heterocycles.